The van der Waals surface area contributed by atoms with Crippen LogP contribution in [0.25, 0.3) is 0 Å². The standard InChI is InChI=1S/C14H17BrN2O2/c1-3-17-12-10(6-9(15)7-16-12)11-4-5-19-8-14(11,2)13(17)18/h6-7,11H,3-5,8H2,1-2H3/t11-,14+/m0/s1. The largest absolute Gasteiger partial charge is 0.380 e. The SMILES string of the molecule is CCN1C(=O)[C@]2(C)COCC[C@H]2c2cc(Br)cnc21. The Labute approximate surface area is 121 Å². The highest BCUT2D eigenvalue weighted by Gasteiger charge is 2.51. The summed E-state index contributed by atoms with van der Waals surface area (Å²) in [6.07, 6.45) is 2.64. The van der Waals surface area contributed by atoms with E-state index in [1.54, 1.807) is 11.1 Å². The average molecular weight is 325 g/mol. The third-order valence-electron chi connectivity index (χ3n) is 4.26. The number of aromatic nitrogens is 1. The van der Waals surface area contributed by atoms with E-state index in [9.17, 15) is 4.79 Å². The zero-order valence-corrected chi connectivity index (χ0v) is 12.7. The Hall–Kier alpha value is -0.940. The van der Waals surface area contributed by atoms with Crippen molar-refractivity contribution in [3.05, 3.63) is 22.3 Å². The molecule has 3 rings (SSSR count). The molecule has 3 heterocycles. The number of halogens is 1. The number of pyridine rings is 1. The molecular weight excluding hydrogens is 308 g/mol. The van der Waals surface area contributed by atoms with E-state index in [1.165, 1.54) is 5.56 Å². The van der Waals surface area contributed by atoms with Crippen LogP contribution in [0.5, 0.6) is 0 Å². The number of hydrogen-bond acceptors (Lipinski definition) is 3. The van der Waals surface area contributed by atoms with Crippen molar-refractivity contribution in [1.29, 1.82) is 0 Å². The Balaban J connectivity index is 2.19. The van der Waals surface area contributed by atoms with E-state index in [1.807, 2.05) is 13.8 Å². The molecule has 2 aliphatic rings. The van der Waals surface area contributed by atoms with E-state index in [2.05, 4.69) is 27.0 Å². The van der Waals surface area contributed by atoms with Gasteiger partial charge in [0.25, 0.3) is 0 Å². The monoisotopic (exact) mass is 324 g/mol. The third-order valence-corrected chi connectivity index (χ3v) is 4.70. The molecule has 102 valence electrons. The maximum Gasteiger partial charge on any atom is 0.237 e. The molecule has 0 saturated carbocycles. The summed E-state index contributed by atoms with van der Waals surface area (Å²) in [7, 11) is 0. The molecule has 0 radical (unpaired) electrons. The van der Waals surface area contributed by atoms with Crippen molar-refractivity contribution in [2.24, 2.45) is 5.41 Å². The van der Waals surface area contributed by atoms with Crippen LogP contribution in [0.15, 0.2) is 16.7 Å². The lowest BCUT2D eigenvalue weighted by Gasteiger charge is -2.47. The van der Waals surface area contributed by atoms with E-state index in [0.29, 0.717) is 19.8 Å². The summed E-state index contributed by atoms with van der Waals surface area (Å²) in [5, 5.41) is 0. The van der Waals surface area contributed by atoms with Crippen LogP contribution in [0.4, 0.5) is 5.82 Å². The maximum atomic E-state index is 12.8. The van der Waals surface area contributed by atoms with Gasteiger partial charge < -0.3 is 4.74 Å². The predicted octanol–water partition coefficient (Wildman–Crippen LogP) is 2.72. The minimum absolute atomic E-state index is 0.141. The van der Waals surface area contributed by atoms with Crippen LogP contribution in [0.1, 0.15) is 31.7 Å². The molecule has 1 amide bonds. The van der Waals surface area contributed by atoms with Gasteiger partial charge in [0, 0.05) is 35.3 Å². The molecule has 0 aromatic carbocycles. The molecule has 4 nitrogen and oxygen atoms in total. The van der Waals surface area contributed by atoms with Gasteiger partial charge in [0.15, 0.2) is 0 Å². The van der Waals surface area contributed by atoms with Crippen LogP contribution in [-0.2, 0) is 9.53 Å². The summed E-state index contributed by atoms with van der Waals surface area (Å²) in [6.45, 7) is 5.86. The summed E-state index contributed by atoms with van der Waals surface area (Å²) in [5.74, 6) is 1.17. The van der Waals surface area contributed by atoms with Gasteiger partial charge in [0.05, 0.1) is 12.0 Å². The van der Waals surface area contributed by atoms with Gasteiger partial charge in [-0.15, -0.1) is 0 Å². The van der Waals surface area contributed by atoms with Crippen molar-refractivity contribution < 1.29 is 9.53 Å². The fourth-order valence-corrected chi connectivity index (χ4v) is 3.59. The Morgan fingerprint density at radius 1 is 1.63 bits per heavy atom. The maximum absolute atomic E-state index is 12.8. The van der Waals surface area contributed by atoms with Gasteiger partial charge in [0.2, 0.25) is 5.91 Å². The van der Waals surface area contributed by atoms with Gasteiger partial charge in [-0.2, -0.15) is 0 Å². The smallest absolute Gasteiger partial charge is 0.237 e. The fraction of sp³-hybridized carbons (Fsp3) is 0.571. The van der Waals surface area contributed by atoms with Gasteiger partial charge in [-0.05, 0) is 42.3 Å². The number of nitrogens with zero attached hydrogens (tertiary/aromatic N) is 2. The van der Waals surface area contributed by atoms with Crippen molar-refractivity contribution in [3.8, 4) is 0 Å². The molecule has 19 heavy (non-hydrogen) atoms. The van der Waals surface area contributed by atoms with Crippen LogP contribution in [0, 0.1) is 5.41 Å². The van der Waals surface area contributed by atoms with Crippen LogP contribution in [0.3, 0.4) is 0 Å². The summed E-state index contributed by atoms with van der Waals surface area (Å²) in [5.41, 5.74) is 0.714. The number of hydrogen-bond donors (Lipinski definition) is 0. The number of amides is 1. The average Bonchev–Trinajstić information content (AvgIpc) is 2.40. The molecule has 0 unspecified atom stereocenters. The summed E-state index contributed by atoms with van der Waals surface area (Å²) in [6, 6.07) is 2.10. The van der Waals surface area contributed by atoms with Crippen molar-refractivity contribution in [1.82, 2.24) is 4.98 Å². The van der Waals surface area contributed by atoms with Crippen LogP contribution in [0.2, 0.25) is 0 Å². The zero-order chi connectivity index (χ0) is 13.6. The first-order valence-corrected chi connectivity index (χ1v) is 7.42. The number of carbonyl (C=O) groups excluding carboxylic acids is 1. The summed E-state index contributed by atoms with van der Waals surface area (Å²) in [4.78, 5) is 19.0. The molecule has 2 atom stereocenters. The molecule has 1 aromatic heterocycles. The molecular formula is C14H17BrN2O2. The molecule has 0 aliphatic carbocycles. The summed E-state index contributed by atoms with van der Waals surface area (Å²) < 4.78 is 6.53. The molecule has 2 aliphatic heterocycles. The summed E-state index contributed by atoms with van der Waals surface area (Å²) >= 11 is 3.48. The van der Waals surface area contributed by atoms with Crippen molar-refractivity contribution in [3.63, 3.8) is 0 Å². The van der Waals surface area contributed by atoms with Crippen LogP contribution >= 0.6 is 15.9 Å². The first kappa shape index (κ1) is 13.1. The van der Waals surface area contributed by atoms with E-state index in [-0.39, 0.29) is 11.8 Å². The molecule has 0 spiro atoms. The Bertz CT molecular complexity index is 534. The fourth-order valence-electron chi connectivity index (χ4n) is 3.24. The first-order valence-electron chi connectivity index (χ1n) is 6.63. The second-order valence-corrected chi connectivity index (χ2v) is 6.34. The Morgan fingerprint density at radius 2 is 2.42 bits per heavy atom. The number of ether oxygens (including phenoxy) is 1. The highest BCUT2D eigenvalue weighted by Crippen LogP contribution is 2.50. The lowest BCUT2D eigenvalue weighted by atomic mass is 9.68. The normalized spacial score (nSPS) is 29.9. The minimum Gasteiger partial charge on any atom is -0.380 e. The number of carbonyl (C=O) groups is 1. The van der Waals surface area contributed by atoms with Gasteiger partial charge >= 0.3 is 0 Å². The van der Waals surface area contributed by atoms with Crippen molar-refractivity contribution >= 4 is 27.7 Å². The van der Waals surface area contributed by atoms with Gasteiger partial charge in [-0.1, -0.05) is 0 Å². The van der Waals surface area contributed by atoms with Crippen LogP contribution < -0.4 is 4.90 Å². The quantitative estimate of drug-likeness (QED) is 0.797. The van der Waals surface area contributed by atoms with Gasteiger partial charge in [-0.25, -0.2) is 4.98 Å². The second-order valence-electron chi connectivity index (χ2n) is 5.43. The highest BCUT2D eigenvalue weighted by molar-refractivity contribution is 9.10. The van der Waals surface area contributed by atoms with E-state index >= 15 is 0 Å². The lowest BCUT2D eigenvalue weighted by Crippen LogP contribution is -2.54. The predicted molar refractivity (Wildman–Crippen MR) is 76.2 cm³/mol. The van der Waals surface area contributed by atoms with Crippen molar-refractivity contribution in [2.75, 3.05) is 24.7 Å². The Kier molecular flexibility index (Phi) is 3.14. The molecule has 0 N–H and O–H groups in total. The molecule has 0 bridgehead atoms. The second kappa shape index (κ2) is 4.56. The zero-order valence-electron chi connectivity index (χ0n) is 11.1. The molecule has 1 fully saturated rings. The lowest BCUT2D eigenvalue weighted by molar-refractivity contribution is -0.137. The Morgan fingerprint density at radius 3 is 3.16 bits per heavy atom. The first-order chi connectivity index (χ1) is 9.08. The number of anilines is 1. The molecule has 1 aromatic rings. The minimum atomic E-state index is -0.455. The highest BCUT2D eigenvalue weighted by atomic mass is 79.9. The van der Waals surface area contributed by atoms with E-state index in [4.69, 9.17) is 4.74 Å². The molecule has 1 saturated heterocycles. The van der Waals surface area contributed by atoms with Gasteiger partial charge in [-0.3, -0.25) is 9.69 Å². The van der Waals surface area contributed by atoms with Crippen LogP contribution in [-0.4, -0.2) is 30.6 Å². The van der Waals surface area contributed by atoms with Crippen molar-refractivity contribution in [2.45, 2.75) is 26.2 Å². The number of rotatable bonds is 1. The molecule has 5 heteroatoms. The third kappa shape index (κ3) is 1.82. The van der Waals surface area contributed by atoms with Gasteiger partial charge in [0.1, 0.15) is 5.82 Å². The van der Waals surface area contributed by atoms with E-state index in [0.717, 1.165) is 16.7 Å². The van der Waals surface area contributed by atoms with E-state index < -0.39 is 5.41 Å². The topological polar surface area (TPSA) is 42.4 Å². The number of fused-ring (bicyclic) bond motifs is 3.